The molecule has 0 aliphatic heterocycles. The average molecular weight is 249 g/mol. The first-order valence-electron chi connectivity index (χ1n) is 6.00. The van der Waals surface area contributed by atoms with E-state index in [1.165, 1.54) is 0 Å². The summed E-state index contributed by atoms with van der Waals surface area (Å²) in [5.41, 5.74) is 11.1. The van der Waals surface area contributed by atoms with E-state index in [0.717, 1.165) is 22.3 Å². The maximum Gasteiger partial charge on any atom is 0.102 e. The third-order valence-corrected chi connectivity index (χ3v) is 2.88. The standard InChI is InChI=1S/C16H15N3/c1-11-7-12(2)9-14(8-11)16(18)15(10-17)13-3-5-19-6-4-13/h3-9H,18H2,1-2H3/b16-15+. The molecule has 94 valence electrons. The van der Waals surface area contributed by atoms with Crippen LogP contribution in [0.15, 0.2) is 42.7 Å². The van der Waals surface area contributed by atoms with Crippen LogP contribution in [0, 0.1) is 25.2 Å². The highest BCUT2D eigenvalue weighted by molar-refractivity contribution is 5.96. The SMILES string of the molecule is Cc1cc(C)cc(/C(N)=C(/C#N)c2ccncc2)c1. The van der Waals surface area contributed by atoms with Crippen LogP contribution in [0.1, 0.15) is 22.3 Å². The van der Waals surface area contributed by atoms with Gasteiger partial charge in [-0.2, -0.15) is 5.26 Å². The quantitative estimate of drug-likeness (QED) is 0.832. The van der Waals surface area contributed by atoms with E-state index >= 15 is 0 Å². The molecule has 0 saturated carbocycles. The second kappa shape index (κ2) is 5.36. The molecule has 0 radical (unpaired) electrons. The Labute approximate surface area is 113 Å². The fourth-order valence-electron chi connectivity index (χ4n) is 2.07. The summed E-state index contributed by atoms with van der Waals surface area (Å²) in [6, 6.07) is 11.8. The molecule has 3 heteroatoms. The molecule has 19 heavy (non-hydrogen) atoms. The second-order valence-corrected chi connectivity index (χ2v) is 4.51. The zero-order valence-corrected chi connectivity index (χ0v) is 11.0. The Kier molecular flexibility index (Phi) is 3.63. The summed E-state index contributed by atoms with van der Waals surface area (Å²) in [7, 11) is 0. The van der Waals surface area contributed by atoms with Crippen molar-refractivity contribution in [2.75, 3.05) is 0 Å². The highest BCUT2D eigenvalue weighted by Crippen LogP contribution is 2.23. The number of hydrogen-bond acceptors (Lipinski definition) is 3. The highest BCUT2D eigenvalue weighted by atomic mass is 14.6. The molecule has 0 fully saturated rings. The molecule has 1 aromatic heterocycles. The lowest BCUT2D eigenvalue weighted by Crippen LogP contribution is -2.01. The number of nitriles is 1. The normalized spacial score (nSPS) is 11.6. The van der Waals surface area contributed by atoms with Crippen LogP contribution in [0.5, 0.6) is 0 Å². The first-order valence-corrected chi connectivity index (χ1v) is 6.00. The van der Waals surface area contributed by atoms with Crippen LogP contribution in [-0.4, -0.2) is 4.98 Å². The van der Waals surface area contributed by atoms with Crippen LogP contribution in [-0.2, 0) is 0 Å². The van der Waals surface area contributed by atoms with Crippen molar-refractivity contribution in [2.24, 2.45) is 5.73 Å². The Balaban J connectivity index is 2.59. The highest BCUT2D eigenvalue weighted by Gasteiger charge is 2.09. The molecule has 2 rings (SSSR count). The van der Waals surface area contributed by atoms with Crippen LogP contribution in [0.2, 0.25) is 0 Å². The summed E-state index contributed by atoms with van der Waals surface area (Å²) in [4.78, 5) is 3.95. The number of nitrogens with zero attached hydrogens (tertiary/aromatic N) is 2. The van der Waals surface area contributed by atoms with Gasteiger partial charge in [0.15, 0.2) is 0 Å². The number of allylic oxidation sites excluding steroid dienone is 1. The van der Waals surface area contributed by atoms with Crippen molar-refractivity contribution in [3.8, 4) is 6.07 Å². The summed E-state index contributed by atoms with van der Waals surface area (Å²) >= 11 is 0. The smallest absolute Gasteiger partial charge is 0.102 e. The number of benzene rings is 1. The summed E-state index contributed by atoms with van der Waals surface area (Å²) < 4.78 is 0. The van der Waals surface area contributed by atoms with E-state index in [1.807, 2.05) is 26.0 Å². The molecule has 0 bridgehead atoms. The number of nitrogens with two attached hydrogens (primary N) is 1. The lowest BCUT2D eigenvalue weighted by atomic mass is 9.99. The molecular formula is C16H15N3. The van der Waals surface area contributed by atoms with Gasteiger partial charge in [0, 0.05) is 12.4 Å². The first kappa shape index (κ1) is 12.8. The van der Waals surface area contributed by atoms with Crippen LogP contribution >= 0.6 is 0 Å². The zero-order valence-electron chi connectivity index (χ0n) is 11.0. The van der Waals surface area contributed by atoms with E-state index in [2.05, 4.69) is 17.1 Å². The number of aryl methyl sites for hydroxylation is 2. The summed E-state index contributed by atoms with van der Waals surface area (Å²) in [6.07, 6.45) is 3.31. The molecule has 2 N–H and O–H groups in total. The van der Waals surface area contributed by atoms with Crippen LogP contribution in [0.3, 0.4) is 0 Å². The van der Waals surface area contributed by atoms with E-state index in [1.54, 1.807) is 24.5 Å². The van der Waals surface area contributed by atoms with Crippen LogP contribution in [0.25, 0.3) is 11.3 Å². The maximum atomic E-state index is 9.34. The topological polar surface area (TPSA) is 62.7 Å². The predicted molar refractivity (Wildman–Crippen MR) is 76.8 cm³/mol. The molecule has 1 aromatic carbocycles. The molecule has 0 amide bonds. The summed E-state index contributed by atoms with van der Waals surface area (Å²) in [5.74, 6) is 0. The van der Waals surface area contributed by atoms with Crippen molar-refractivity contribution in [3.63, 3.8) is 0 Å². The van der Waals surface area contributed by atoms with Crippen molar-refractivity contribution < 1.29 is 0 Å². The van der Waals surface area contributed by atoms with Gasteiger partial charge in [0.1, 0.15) is 6.07 Å². The third kappa shape index (κ3) is 2.80. The summed E-state index contributed by atoms with van der Waals surface area (Å²) in [6.45, 7) is 4.03. The largest absolute Gasteiger partial charge is 0.397 e. The van der Waals surface area contributed by atoms with Gasteiger partial charge in [-0.15, -0.1) is 0 Å². The van der Waals surface area contributed by atoms with Gasteiger partial charge < -0.3 is 5.73 Å². The van der Waals surface area contributed by atoms with E-state index < -0.39 is 0 Å². The lowest BCUT2D eigenvalue weighted by Gasteiger charge is -2.08. The maximum absolute atomic E-state index is 9.34. The first-order chi connectivity index (χ1) is 9.11. The van der Waals surface area contributed by atoms with E-state index in [0.29, 0.717) is 11.3 Å². The molecule has 1 heterocycles. The zero-order chi connectivity index (χ0) is 13.8. The van der Waals surface area contributed by atoms with Gasteiger partial charge >= 0.3 is 0 Å². The second-order valence-electron chi connectivity index (χ2n) is 4.51. The van der Waals surface area contributed by atoms with Gasteiger partial charge in [0.25, 0.3) is 0 Å². The minimum absolute atomic E-state index is 0.479. The Morgan fingerprint density at radius 3 is 2.16 bits per heavy atom. The van der Waals surface area contributed by atoms with Crippen LogP contribution in [0.4, 0.5) is 0 Å². The van der Waals surface area contributed by atoms with Gasteiger partial charge in [-0.25, -0.2) is 0 Å². The molecule has 0 aliphatic rings. The predicted octanol–water partition coefficient (Wildman–Crippen LogP) is 3.05. The number of aromatic nitrogens is 1. The van der Waals surface area contributed by atoms with Gasteiger partial charge in [-0.1, -0.05) is 17.2 Å². The van der Waals surface area contributed by atoms with E-state index in [-0.39, 0.29) is 0 Å². The minimum atomic E-state index is 0.479. The number of pyridine rings is 1. The fourth-order valence-corrected chi connectivity index (χ4v) is 2.07. The number of hydrogen-bond donors (Lipinski definition) is 1. The van der Waals surface area contributed by atoms with Crippen molar-refractivity contribution in [1.82, 2.24) is 4.98 Å². The van der Waals surface area contributed by atoms with Crippen molar-refractivity contribution >= 4 is 11.3 Å². The monoisotopic (exact) mass is 249 g/mol. The van der Waals surface area contributed by atoms with Gasteiger partial charge in [-0.3, -0.25) is 4.98 Å². The summed E-state index contributed by atoms with van der Waals surface area (Å²) in [5, 5.41) is 9.34. The van der Waals surface area contributed by atoms with Gasteiger partial charge in [-0.05, 0) is 49.2 Å². The van der Waals surface area contributed by atoms with Crippen molar-refractivity contribution in [3.05, 3.63) is 65.0 Å². The molecule has 0 spiro atoms. The van der Waals surface area contributed by atoms with Crippen molar-refractivity contribution in [1.29, 1.82) is 5.26 Å². The average Bonchev–Trinajstić information content (AvgIpc) is 2.39. The van der Waals surface area contributed by atoms with Gasteiger partial charge in [0.05, 0.1) is 11.3 Å². The lowest BCUT2D eigenvalue weighted by molar-refractivity contribution is 1.31. The molecule has 0 saturated heterocycles. The van der Waals surface area contributed by atoms with Gasteiger partial charge in [0.2, 0.25) is 0 Å². The Morgan fingerprint density at radius 2 is 1.63 bits per heavy atom. The Bertz CT molecular complexity index is 644. The molecule has 3 nitrogen and oxygen atoms in total. The van der Waals surface area contributed by atoms with E-state index in [9.17, 15) is 5.26 Å². The third-order valence-electron chi connectivity index (χ3n) is 2.88. The molecule has 0 atom stereocenters. The molecule has 0 unspecified atom stereocenters. The Morgan fingerprint density at radius 1 is 1.05 bits per heavy atom. The molecular weight excluding hydrogens is 234 g/mol. The Hall–Kier alpha value is -2.60. The minimum Gasteiger partial charge on any atom is -0.397 e. The van der Waals surface area contributed by atoms with E-state index in [4.69, 9.17) is 5.73 Å². The fraction of sp³-hybridized carbons (Fsp3) is 0.125. The number of rotatable bonds is 2. The van der Waals surface area contributed by atoms with Crippen molar-refractivity contribution in [2.45, 2.75) is 13.8 Å². The molecule has 0 aliphatic carbocycles. The van der Waals surface area contributed by atoms with Crippen LogP contribution < -0.4 is 5.73 Å². The molecule has 2 aromatic rings.